The van der Waals surface area contributed by atoms with Crippen molar-refractivity contribution in [1.29, 1.82) is 0 Å². The molecule has 12 heteroatoms. The second-order valence-corrected chi connectivity index (χ2v) is 8.72. The summed E-state index contributed by atoms with van der Waals surface area (Å²) >= 11 is 0. The molecule has 3 rings (SSSR count). The summed E-state index contributed by atoms with van der Waals surface area (Å²) in [7, 11) is -7.71. The van der Waals surface area contributed by atoms with Crippen LogP contribution in [0.15, 0.2) is 68.6 Å². The maximum Gasteiger partial charge on any atom is 0.296 e. The van der Waals surface area contributed by atoms with Crippen LogP contribution in [-0.2, 0) is 20.2 Å². The van der Waals surface area contributed by atoms with E-state index in [4.69, 9.17) is 4.55 Å². The molecule has 10 nitrogen and oxygen atoms in total. The monoisotopic (exact) mass is 437 g/mol. The number of hydrogen-bond donors (Lipinski definition) is 4. The van der Waals surface area contributed by atoms with Crippen LogP contribution in [0.25, 0.3) is 10.8 Å². The summed E-state index contributed by atoms with van der Waals surface area (Å²) in [5.74, 6) is -0.634. The lowest BCUT2D eigenvalue weighted by Gasteiger charge is -2.09. The van der Waals surface area contributed by atoms with Crippen LogP contribution in [0.2, 0.25) is 0 Å². The molecule has 0 heterocycles. The number of rotatable bonds is 5. The van der Waals surface area contributed by atoms with Gasteiger partial charge in [-0.3, -0.25) is 9.11 Å². The number of phenolic OH excluding ortho intramolecular Hbond substituents is 1. The van der Waals surface area contributed by atoms with Crippen LogP contribution < -0.4 is 5.32 Å². The van der Waals surface area contributed by atoms with E-state index in [0.717, 1.165) is 23.9 Å². The zero-order chi connectivity index (χ0) is 21.4. The van der Waals surface area contributed by atoms with E-state index in [-0.39, 0.29) is 10.8 Å². The Kier molecular flexibility index (Phi) is 5.28. The van der Waals surface area contributed by atoms with Gasteiger partial charge in [0.25, 0.3) is 20.2 Å². The van der Waals surface area contributed by atoms with Crippen molar-refractivity contribution in [2.75, 3.05) is 12.4 Å². The molecule has 152 valence electrons. The minimum Gasteiger partial charge on any atom is -0.505 e. The predicted molar refractivity (Wildman–Crippen MR) is 105 cm³/mol. The highest BCUT2D eigenvalue weighted by molar-refractivity contribution is 7.86. The summed E-state index contributed by atoms with van der Waals surface area (Å²) in [4.78, 5) is -1.28. The van der Waals surface area contributed by atoms with Crippen molar-refractivity contribution in [3.63, 3.8) is 0 Å². The fourth-order valence-corrected chi connectivity index (χ4v) is 3.79. The van der Waals surface area contributed by atoms with Gasteiger partial charge < -0.3 is 10.4 Å². The van der Waals surface area contributed by atoms with Gasteiger partial charge in [0.15, 0.2) is 5.75 Å². The van der Waals surface area contributed by atoms with Gasteiger partial charge in [-0.2, -0.15) is 21.9 Å². The van der Waals surface area contributed by atoms with Crippen molar-refractivity contribution in [1.82, 2.24) is 0 Å². The Morgan fingerprint density at radius 1 is 0.897 bits per heavy atom. The first-order chi connectivity index (χ1) is 13.5. The highest BCUT2D eigenvalue weighted by Gasteiger charge is 2.23. The Morgan fingerprint density at radius 3 is 2.24 bits per heavy atom. The Balaban J connectivity index is 2.25. The molecule has 0 aliphatic heterocycles. The standard InChI is InChI=1S/C17H15N3O7S2/c1-18-11-3-2-4-12(9-11)19-20-16-15(29(25,26)27)8-10-7-13(28(22,23)24)5-6-14(10)17(16)21/h2-9,18,21H,1H3,(H,22,23,24)(H,25,26,27). The summed E-state index contributed by atoms with van der Waals surface area (Å²) in [5, 5.41) is 21.1. The molecular formula is C17H15N3O7S2. The molecule has 4 N–H and O–H groups in total. The molecule has 0 amide bonds. The predicted octanol–water partition coefficient (Wildman–Crippen LogP) is 3.50. The van der Waals surface area contributed by atoms with E-state index < -0.39 is 41.5 Å². The second kappa shape index (κ2) is 7.40. The molecule has 29 heavy (non-hydrogen) atoms. The molecule has 0 saturated heterocycles. The third-order valence-corrected chi connectivity index (χ3v) is 5.72. The Bertz CT molecular complexity index is 1350. The van der Waals surface area contributed by atoms with E-state index in [0.29, 0.717) is 5.69 Å². The quantitative estimate of drug-likeness (QED) is 0.348. The lowest BCUT2D eigenvalue weighted by Crippen LogP contribution is -2.00. The van der Waals surface area contributed by atoms with Gasteiger partial charge in [0, 0.05) is 18.1 Å². The zero-order valence-corrected chi connectivity index (χ0v) is 16.4. The number of azo groups is 1. The van der Waals surface area contributed by atoms with Crippen LogP contribution in [0.4, 0.5) is 17.1 Å². The number of phenols is 1. The van der Waals surface area contributed by atoms with Gasteiger partial charge >= 0.3 is 0 Å². The summed E-state index contributed by atoms with van der Waals surface area (Å²) in [6.45, 7) is 0. The molecule has 0 atom stereocenters. The van der Waals surface area contributed by atoms with Crippen LogP contribution in [0.1, 0.15) is 0 Å². The Morgan fingerprint density at radius 2 is 1.62 bits per heavy atom. The van der Waals surface area contributed by atoms with Gasteiger partial charge in [0.1, 0.15) is 10.6 Å². The number of hydrogen-bond acceptors (Lipinski definition) is 8. The van der Waals surface area contributed by atoms with Crippen molar-refractivity contribution in [2.24, 2.45) is 10.2 Å². The number of fused-ring (bicyclic) bond motifs is 1. The first-order valence-corrected chi connectivity index (χ1v) is 10.8. The number of anilines is 1. The van der Waals surface area contributed by atoms with Gasteiger partial charge in [-0.1, -0.05) is 6.07 Å². The molecule has 0 fully saturated rings. The van der Waals surface area contributed by atoms with Crippen molar-refractivity contribution in [2.45, 2.75) is 9.79 Å². The molecule has 0 aliphatic carbocycles. The Hall–Kier alpha value is -3.06. The second-order valence-electron chi connectivity index (χ2n) is 5.91. The first kappa shape index (κ1) is 20.7. The SMILES string of the molecule is CNc1cccc(N=Nc2c(S(=O)(=O)O)cc3cc(S(=O)(=O)O)ccc3c2O)c1. The smallest absolute Gasteiger partial charge is 0.296 e. The third kappa shape index (κ3) is 4.35. The molecule has 0 aliphatic rings. The summed E-state index contributed by atoms with van der Waals surface area (Å²) in [6.07, 6.45) is 0. The normalized spacial score (nSPS) is 12.5. The molecule has 0 bridgehead atoms. The molecular weight excluding hydrogens is 422 g/mol. The van der Waals surface area contributed by atoms with Crippen LogP contribution in [-0.4, -0.2) is 38.1 Å². The van der Waals surface area contributed by atoms with Crippen molar-refractivity contribution >= 4 is 48.1 Å². The number of nitrogens with one attached hydrogen (secondary N) is 1. The minimum absolute atomic E-state index is 0.0442. The zero-order valence-electron chi connectivity index (χ0n) is 14.8. The highest BCUT2D eigenvalue weighted by atomic mass is 32.2. The Labute approximate surface area is 166 Å². The van der Waals surface area contributed by atoms with E-state index in [9.17, 15) is 26.5 Å². The van der Waals surface area contributed by atoms with Crippen LogP contribution in [0.3, 0.4) is 0 Å². The average molecular weight is 437 g/mol. The fraction of sp³-hybridized carbons (Fsp3) is 0.0588. The summed E-state index contributed by atoms with van der Waals surface area (Å²) in [6, 6.07) is 10.7. The molecule has 3 aromatic carbocycles. The van der Waals surface area contributed by atoms with Crippen molar-refractivity contribution in [3.05, 3.63) is 48.5 Å². The van der Waals surface area contributed by atoms with Gasteiger partial charge in [-0.25, -0.2) is 0 Å². The molecule has 0 spiro atoms. The minimum atomic E-state index is -4.85. The van der Waals surface area contributed by atoms with Crippen molar-refractivity contribution in [3.8, 4) is 5.75 Å². The first-order valence-electron chi connectivity index (χ1n) is 7.95. The maximum absolute atomic E-state index is 11.8. The van der Waals surface area contributed by atoms with E-state index in [1.807, 2.05) is 0 Å². The highest BCUT2D eigenvalue weighted by Crippen LogP contribution is 2.41. The van der Waals surface area contributed by atoms with Gasteiger partial charge in [-0.15, -0.1) is 5.11 Å². The number of benzene rings is 3. The average Bonchev–Trinajstić information content (AvgIpc) is 2.65. The summed E-state index contributed by atoms with van der Waals surface area (Å²) in [5.41, 5.74) is 0.547. The van der Waals surface area contributed by atoms with Crippen molar-refractivity contribution < 1.29 is 31.0 Å². The molecule has 0 radical (unpaired) electrons. The van der Waals surface area contributed by atoms with E-state index in [2.05, 4.69) is 15.5 Å². The number of aromatic hydroxyl groups is 1. The van der Waals surface area contributed by atoms with E-state index in [1.165, 1.54) is 6.07 Å². The molecule has 0 saturated carbocycles. The van der Waals surface area contributed by atoms with Gasteiger partial charge in [-0.05, 0) is 47.9 Å². The van der Waals surface area contributed by atoms with Crippen LogP contribution in [0.5, 0.6) is 5.75 Å². The van der Waals surface area contributed by atoms with Crippen LogP contribution >= 0.6 is 0 Å². The van der Waals surface area contributed by atoms with E-state index in [1.54, 1.807) is 31.3 Å². The largest absolute Gasteiger partial charge is 0.505 e. The number of nitrogens with zero attached hydrogens (tertiary/aromatic N) is 2. The maximum atomic E-state index is 11.8. The van der Waals surface area contributed by atoms with Crippen LogP contribution in [0, 0.1) is 0 Å². The molecule has 0 aromatic heterocycles. The third-order valence-electron chi connectivity index (χ3n) is 4.00. The fourth-order valence-electron chi connectivity index (χ4n) is 2.61. The van der Waals surface area contributed by atoms with Gasteiger partial charge in [0.2, 0.25) is 0 Å². The van der Waals surface area contributed by atoms with Gasteiger partial charge in [0.05, 0.1) is 10.6 Å². The lowest BCUT2D eigenvalue weighted by atomic mass is 10.1. The summed E-state index contributed by atoms with van der Waals surface area (Å²) < 4.78 is 64.9. The molecule has 0 unspecified atom stereocenters. The van der Waals surface area contributed by atoms with E-state index >= 15 is 0 Å². The lowest BCUT2D eigenvalue weighted by molar-refractivity contribution is 0.472. The topological polar surface area (TPSA) is 166 Å². The molecule has 3 aromatic rings.